The summed E-state index contributed by atoms with van der Waals surface area (Å²) in [6, 6.07) is 4.14. The SMILES string of the molecule is O=C(O)c1cc(Br)ccc1NC(=O)N1CCC(C(=O)O)CC1. The van der Waals surface area contributed by atoms with Crippen molar-refractivity contribution in [3.63, 3.8) is 0 Å². The summed E-state index contributed by atoms with van der Waals surface area (Å²) >= 11 is 3.19. The number of carboxylic acids is 2. The van der Waals surface area contributed by atoms with Gasteiger partial charge in [0.2, 0.25) is 0 Å². The van der Waals surface area contributed by atoms with Gasteiger partial charge >= 0.3 is 18.0 Å². The molecule has 1 aliphatic heterocycles. The van der Waals surface area contributed by atoms with Gasteiger partial charge in [-0.3, -0.25) is 4.79 Å². The van der Waals surface area contributed by atoms with Crippen LogP contribution in [0.15, 0.2) is 22.7 Å². The van der Waals surface area contributed by atoms with Gasteiger partial charge in [0.05, 0.1) is 17.2 Å². The van der Waals surface area contributed by atoms with Crippen molar-refractivity contribution < 1.29 is 24.6 Å². The number of anilines is 1. The Morgan fingerprint density at radius 3 is 2.36 bits per heavy atom. The molecule has 1 heterocycles. The van der Waals surface area contributed by atoms with Gasteiger partial charge in [0.15, 0.2) is 0 Å². The molecule has 0 atom stereocenters. The second-order valence-electron chi connectivity index (χ2n) is 5.02. The highest BCUT2D eigenvalue weighted by atomic mass is 79.9. The van der Waals surface area contributed by atoms with Crippen molar-refractivity contribution in [3.05, 3.63) is 28.2 Å². The van der Waals surface area contributed by atoms with Crippen LogP contribution in [0.3, 0.4) is 0 Å². The Kier molecular flexibility index (Phi) is 5.02. The largest absolute Gasteiger partial charge is 0.481 e. The summed E-state index contributed by atoms with van der Waals surface area (Å²) in [5.41, 5.74) is 0.198. The molecule has 1 fully saturated rings. The Morgan fingerprint density at radius 2 is 1.82 bits per heavy atom. The van der Waals surface area contributed by atoms with E-state index in [0.717, 1.165) is 0 Å². The van der Waals surface area contributed by atoms with Crippen molar-refractivity contribution in [2.45, 2.75) is 12.8 Å². The first-order chi connectivity index (χ1) is 10.4. The predicted molar refractivity (Wildman–Crippen MR) is 82.1 cm³/mol. The minimum atomic E-state index is -1.14. The maximum atomic E-state index is 12.2. The molecule has 2 amide bonds. The molecular formula is C14H15BrN2O5. The highest BCUT2D eigenvalue weighted by molar-refractivity contribution is 9.10. The third kappa shape index (κ3) is 3.76. The van der Waals surface area contributed by atoms with Crippen molar-refractivity contribution >= 4 is 39.6 Å². The van der Waals surface area contributed by atoms with Crippen LogP contribution in [0.2, 0.25) is 0 Å². The zero-order valence-corrected chi connectivity index (χ0v) is 13.2. The van der Waals surface area contributed by atoms with Gasteiger partial charge in [-0.25, -0.2) is 9.59 Å². The Labute approximate surface area is 135 Å². The number of aliphatic carboxylic acids is 1. The topological polar surface area (TPSA) is 107 Å². The Hall–Kier alpha value is -2.09. The number of hydrogen-bond acceptors (Lipinski definition) is 3. The van der Waals surface area contributed by atoms with Crippen molar-refractivity contribution in [2.75, 3.05) is 18.4 Å². The first-order valence-corrected chi connectivity index (χ1v) is 7.49. The number of carboxylic acid groups (broad SMARTS) is 2. The van der Waals surface area contributed by atoms with Gasteiger partial charge in [-0.2, -0.15) is 0 Å². The number of aromatic carboxylic acids is 1. The summed E-state index contributed by atoms with van der Waals surface area (Å²) in [7, 11) is 0. The van der Waals surface area contributed by atoms with Crippen LogP contribution in [0.5, 0.6) is 0 Å². The lowest BCUT2D eigenvalue weighted by Gasteiger charge is -2.30. The monoisotopic (exact) mass is 370 g/mol. The van der Waals surface area contributed by atoms with E-state index in [1.807, 2.05) is 0 Å². The van der Waals surface area contributed by atoms with E-state index in [9.17, 15) is 14.4 Å². The lowest BCUT2D eigenvalue weighted by atomic mass is 9.97. The molecule has 1 aromatic rings. The quantitative estimate of drug-likeness (QED) is 0.757. The molecule has 1 saturated heterocycles. The number of piperidine rings is 1. The van der Waals surface area contributed by atoms with Crippen LogP contribution in [0.25, 0.3) is 0 Å². The number of rotatable bonds is 3. The van der Waals surface area contributed by atoms with Crippen molar-refractivity contribution in [3.8, 4) is 0 Å². The van der Waals surface area contributed by atoms with Crippen LogP contribution in [-0.4, -0.2) is 46.2 Å². The summed E-state index contributed by atoms with van der Waals surface area (Å²) < 4.78 is 0.602. The third-order valence-corrected chi connectivity index (χ3v) is 4.08. The Balaban J connectivity index is 2.04. The molecule has 2 rings (SSSR count). The third-order valence-electron chi connectivity index (χ3n) is 3.59. The highest BCUT2D eigenvalue weighted by Gasteiger charge is 2.27. The zero-order chi connectivity index (χ0) is 16.3. The fourth-order valence-electron chi connectivity index (χ4n) is 2.33. The molecule has 0 saturated carbocycles. The van der Waals surface area contributed by atoms with E-state index in [-0.39, 0.29) is 11.3 Å². The number of likely N-dealkylation sites (tertiary alicyclic amines) is 1. The van der Waals surface area contributed by atoms with Gasteiger partial charge in [-0.1, -0.05) is 15.9 Å². The molecule has 1 aromatic carbocycles. The Bertz CT molecular complexity index is 611. The molecule has 0 bridgehead atoms. The molecule has 22 heavy (non-hydrogen) atoms. The molecule has 0 aromatic heterocycles. The highest BCUT2D eigenvalue weighted by Crippen LogP contribution is 2.23. The second-order valence-corrected chi connectivity index (χ2v) is 5.94. The fourth-order valence-corrected chi connectivity index (χ4v) is 2.69. The van der Waals surface area contributed by atoms with Crippen LogP contribution in [0.4, 0.5) is 10.5 Å². The number of hydrogen-bond donors (Lipinski definition) is 3. The molecular weight excluding hydrogens is 356 g/mol. The number of nitrogens with one attached hydrogen (secondary N) is 1. The number of amides is 2. The Morgan fingerprint density at radius 1 is 1.18 bits per heavy atom. The van der Waals surface area contributed by atoms with Crippen molar-refractivity contribution in [1.82, 2.24) is 4.90 Å². The average molecular weight is 371 g/mol. The molecule has 8 heteroatoms. The van der Waals surface area contributed by atoms with E-state index >= 15 is 0 Å². The van der Waals surface area contributed by atoms with Gasteiger partial charge in [-0.05, 0) is 31.0 Å². The van der Waals surface area contributed by atoms with Crippen LogP contribution >= 0.6 is 15.9 Å². The summed E-state index contributed by atoms with van der Waals surface area (Å²) in [4.78, 5) is 35.7. The molecule has 0 radical (unpaired) electrons. The molecule has 118 valence electrons. The van der Waals surface area contributed by atoms with E-state index < -0.39 is 23.9 Å². The number of nitrogens with zero attached hydrogens (tertiary/aromatic N) is 1. The van der Waals surface area contributed by atoms with Gasteiger partial charge in [0, 0.05) is 17.6 Å². The molecule has 0 spiro atoms. The lowest BCUT2D eigenvalue weighted by molar-refractivity contribution is -0.143. The zero-order valence-electron chi connectivity index (χ0n) is 11.6. The maximum Gasteiger partial charge on any atom is 0.337 e. The van der Waals surface area contributed by atoms with Gasteiger partial charge in [0.25, 0.3) is 0 Å². The smallest absolute Gasteiger partial charge is 0.337 e. The normalized spacial score (nSPS) is 15.4. The number of carbonyl (C=O) groups excluding carboxylic acids is 1. The number of urea groups is 1. The van der Waals surface area contributed by atoms with Crippen LogP contribution in [0, 0.1) is 5.92 Å². The van der Waals surface area contributed by atoms with Crippen LogP contribution in [-0.2, 0) is 4.79 Å². The molecule has 0 aliphatic carbocycles. The molecule has 1 aliphatic rings. The van der Waals surface area contributed by atoms with Gasteiger partial charge < -0.3 is 20.4 Å². The standard InChI is InChI=1S/C14H15BrN2O5/c15-9-1-2-11(10(7-9)13(20)21)16-14(22)17-5-3-8(4-6-17)12(18)19/h1-2,7-8H,3-6H2,(H,16,22)(H,18,19)(H,20,21). The summed E-state index contributed by atoms with van der Waals surface area (Å²) in [5, 5.41) is 20.7. The summed E-state index contributed by atoms with van der Waals surface area (Å²) in [6.07, 6.45) is 0.795. The fraction of sp³-hybridized carbons (Fsp3) is 0.357. The van der Waals surface area contributed by atoms with Gasteiger partial charge in [-0.15, -0.1) is 0 Å². The minimum absolute atomic E-state index is 0.0110. The van der Waals surface area contributed by atoms with E-state index in [0.29, 0.717) is 30.4 Å². The second kappa shape index (κ2) is 6.78. The number of benzene rings is 1. The molecule has 0 unspecified atom stereocenters. The van der Waals surface area contributed by atoms with E-state index in [2.05, 4.69) is 21.2 Å². The van der Waals surface area contributed by atoms with Crippen molar-refractivity contribution in [2.24, 2.45) is 5.92 Å². The van der Waals surface area contributed by atoms with E-state index in [1.165, 1.54) is 17.0 Å². The lowest BCUT2D eigenvalue weighted by Crippen LogP contribution is -2.42. The van der Waals surface area contributed by atoms with Crippen LogP contribution < -0.4 is 5.32 Å². The average Bonchev–Trinajstić information content (AvgIpc) is 2.48. The number of carbonyl (C=O) groups is 3. The molecule has 7 nitrogen and oxygen atoms in total. The van der Waals surface area contributed by atoms with Crippen molar-refractivity contribution in [1.29, 1.82) is 0 Å². The molecule has 3 N–H and O–H groups in total. The maximum absolute atomic E-state index is 12.2. The van der Waals surface area contributed by atoms with E-state index in [1.54, 1.807) is 6.07 Å². The van der Waals surface area contributed by atoms with Gasteiger partial charge in [0.1, 0.15) is 0 Å². The minimum Gasteiger partial charge on any atom is -0.481 e. The summed E-state index contributed by atoms with van der Waals surface area (Å²) in [5.74, 6) is -2.41. The first-order valence-electron chi connectivity index (χ1n) is 6.70. The first kappa shape index (κ1) is 16.3. The van der Waals surface area contributed by atoms with Crippen LogP contribution in [0.1, 0.15) is 23.2 Å². The number of halogens is 1. The van der Waals surface area contributed by atoms with E-state index in [4.69, 9.17) is 10.2 Å². The summed E-state index contributed by atoms with van der Waals surface area (Å²) in [6.45, 7) is 0.670. The predicted octanol–water partition coefficient (Wildman–Crippen LogP) is 2.48.